The summed E-state index contributed by atoms with van der Waals surface area (Å²) in [5.74, 6) is 0.469. The van der Waals surface area contributed by atoms with Gasteiger partial charge in [0, 0.05) is 31.7 Å². The Kier molecular flexibility index (Phi) is 4.27. The molecule has 1 fully saturated rings. The molecule has 1 aromatic rings. The zero-order chi connectivity index (χ0) is 14.8. The third-order valence-electron chi connectivity index (χ3n) is 4.92. The van der Waals surface area contributed by atoms with E-state index in [4.69, 9.17) is 0 Å². The number of aliphatic hydroxyl groups excluding tert-OH is 1. The van der Waals surface area contributed by atoms with Crippen LogP contribution in [0.25, 0.3) is 0 Å². The summed E-state index contributed by atoms with van der Waals surface area (Å²) in [5.41, 5.74) is 2.18. The first-order chi connectivity index (χ1) is 10.2. The molecule has 1 saturated carbocycles. The molecule has 4 nitrogen and oxygen atoms in total. The lowest BCUT2D eigenvalue weighted by atomic mass is 9.86. The molecule has 1 aliphatic carbocycles. The van der Waals surface area contributed by atoms with Crippen LogP contribution in [0.5, 0.6) is 0 Å². The number of nitrogens with zero attached hydrogens (tertiary/aromatic N) is 1. The summed E-state index contributed by atoms with van der Waals surface area (Å²) in [6, 6.07) is 8.14. The molecule has 0 bridgehead atoms. The number of carbonyl (C=O) groups is 1. The maximum atomic E-state index is 12.1. The maximum Gasteiger partial charge on any atom is 0.228 e. The minimum atomic E-state index is -0.191. The van der Waals surface area contributed by atoms with Crippen LogP contribution in [-0.2, 0) is 4.79 Å². The largest absolute Gasteiger partial charge is 0.393 e. The van der Waals surface area contributed by atoms with Crippen LogP contribution in [0.2, 0.25) is 0 Å². The van der Waals surface area contributed by atoms with Gasteiger partial charge in [0.25, 0.3) is 0 Å². The average molecular weight is 288 g/mol. The average Bonchev–Trinajstić information content (AvgIpc) is 2.51. The van der Waals surface area contributed by atoms with Gasteiger partial charge in [0.15, 0.2) is 0 Å². The van der Waals surface area contributed by atoms with E-state index in [0.717, 1.165) is 31.5 Å². The second-order valence-electron chi connectivity index (χ2n) is 6.29. The summed E-state index contributed by atoms with van der Waals surface area (Å²) in [4.78, 5) is 13.9. The summed E-state index contributed by atoms with van der Waals surface area (Å²) < 4.78 is 0. The van der Waals surface area contributed by atoms with Crippen molar-refractivity contribution in [1.29, 1.82) is 0 Å². The fraction of sp³-hybridized carbons (Fsp3) is 0.588. The van der Waals surface area contributed by atoms with Gasteiger partial charge in [-0.15, -0.1) is 0 Å². The van der Waals surface area contributed by atoms with Crippen molar-refractivity contribution in [3.8, 4) is 0 Å². The Morgan fingerprint density at radius 1 is 1.29 bits per heavy atom. The van der Waals surface area contributed by atoms with Crippen molar-refractivity contribution in [2.24, 2.45) is 5.92 Å². The summed E-state index contributed by atoms with van der Waals surface area (Å²) in [7, 11) is 1.84. The van der Waals surface area contributed by atoms with Crippen LogP contribution in [0.15, 0.2) is 24.3 Å². The Morgan fingerprint density at radius 3 is 2.86 bits per heavy atom. The highest BCUT2D eigenvalue weighted by Gasteiger charge is 2.30. The van der Waals surface area contributed by atoms with Crippen molar-refractivity contribution < 1.29 is 9.90 Å². The van der Waals surface area contributed by atoms with Crippen molar-refractivity contribution >= 4 is 11.6 Å². The van der Waals surface area contributed by atoms with Gasteiger partial charge >= 0.3 is 0 Å². The van der Waals surface area contributed by atoms with E-state index in [1.165, 1.54) is 12.0 Å². The minimum Gasteiger partial charge on any atom is -0.393 e. The molecule has 4 heteroatoms. The SMILES string of the molecule is CN1C(=O)CC(NCC2CCCCC2O)c2ccccc21. The number of nitrogens with one attached hydrogen (secondary N) is 1. The summed E-state index contributed by atoms with van der Waals surface area (Å²) in [6.45, 7) is 0.789. The fourth-order valence-electron chi connectivity index (χ4n) is 3.55. The molecular weight excluding hydrogens is 264 g/mol. The first kappa shape index (κ1) is 14.5. The number of rotatable bonds is 3. The Hall–Kier alpha value is -1.39. The highest BCUT2D eigenvalue weighted by Crippen LogP contribution is 2.34. The zero-order valence-electron chi connectivity index (χ0n) is 12.6. The Morgan fingerprint density at radius 2 is 2.05 bits per heavy atom. The molecule has 0 spiro atoms. The van der Waals surface area contributed by atoms with Crippen molar-refractivity contribution in [2.45, 2.75) is 44.2 Å². The number of hydrogen-bond donors (Lipinski definition) is 2. The molecule has 3 rings (SSSR count). The fourth-order valence-corrected chi connectivity index (χ4v) is 3.55. The summed E-state index contributed by atoms with van der Waals surface area (Å²) in [6.07, 6.45) is 4.63. The van der Waals surface area contributed by atoms with Gasteiger partial charge in [-0.2, -0.15) is 0 Å². The van der Waals surface area contributed by atoms with Gasteiger partial charge in [0.05, 0.1) is 6.10 Å². The van der Waals surface area contributed by atoms with Crippen LogP contribution in [0.3, 0.4) is 0 Å². The van der Waals surface area contributed by atoms with E-state index in [1.807, 2.05) is 25.2 Å². The van der Waals surface area contributed by atoms with Gasteiger partial charge in [-0.25, -0.2) is 0 Å². The number of anilines is 1. The van der Waals surface area contributed by atoms with E-state index in [9.17, 15) is 9.90 Å². The lowest BCUT2D eigenvalue weighted by Gasteiger charge is -2.34. The standard InChI is InChI=1S/C17H24N2O2/c1-19-15-8-4-3-7-13(15)14(10-17(19)21)18-11-12-6-2-5-9-16(12)20/h3-4,7-8,12,14,16,18,20H,2,5-6,9-11H2,1H3. The Labute approximate surface area is 126 Å². The molecule has 0 aromatic heterocycles. The van der Waals surface area contributed by atoms with E-state index in [2.05, 4.69) is 11.4 Å². The smallest absolute Gasteiger partial charge is 0.228 e. The molecule has 3 atom stereocenters. The molecule has 1 amide bonds. The molecule has 3 unspecified atom stereocenters. The van der Waals surface area contributed by atoms with E-state index in [-0.39, 0.29) is 18.1 Å². The van der Waals surface area contributed by atoms with Crippen molar-refractivity contribution in [1.82, 2.24) is 5.32 Å². The highest BCUT2D eigenvalue weighted by molar-refractivity contribution is 5.96. The normalized spacial score (nSPS) is 29.3. The third-order valence-corrected chi connectivity index (χ3v) is 4.92. The van der Waals surface area contributed by atoms with Gasteiger partial charge in [-0.3, -0.25) is 4.79 Å². The number of hydrogen-bond acceptors (Lipinski definition) is 3. The number of fused-ring (bicyclic) bond motifs is 1. The molecule has 1 aromatic carbocycles. The summed E-state index contributed by atoms with van der Waals surface area (Å²) >= 11 is 0. The van der Waals surface area contributed by atoms with Crippen molar-refractivity contribution in [3.05, 3.63) is 29.8 Å². The first-order valence-electron chi connectivity index (χ1n) is 7.93. The lowest BCUT2D eigenvalue weighted by Crippen LogP contribution is -2.41. The second kappa shape index (κ2) is 6.16. The number of carbonyl (C=O) groups excluding carboxylic acids is 1. The molecule has 2 N–H and O–H groups in total. The predicted molar refractivity (Wildman–Crippen MR) is 83.2 cm³/mol. The van der Waals surface area contributed by atoms with Crippen LogP contribution >= 0.6 is 0 Å². The number of para-hydroxylation sites is 1. The molecule has 1 aliphatic heterocycles. The van der Waals surface area contributed by atoms with E-state index in [1.54, 1.807) is 4.90 Å². The predicted octanol–water partition coefficient (Wildman–Crippen LogP) is 2.23. The zero-order valence-corrected chi connectivity index (χ0v) is 12.6. The maximum absolute atomic E-state index is 12.1. The third kappa shape index (κ3) is 2.97. The van der Waals surface area contributed by atoms with Crippen LogP contribution in [0, 0.1) is 5.92 Å². The van der Waals surface area contributed by atoms with Crippen LogP contribution in [0.1, 0.15) is 43.7 Å². The minimum absolute atomic E-state index is 0.0685. The van der Waals surface area contributed by atoms with Crippen molar-refractivity contribution in [3.63, 3.8) is 0 Å². The van der Waals surface area contributed by atoms with Crippen LogP contribution in [-0.4, -0.2) is 30.7 Å². The topological polar surface area (TPSA) is 52.6 Å². The molecule has 1 heterocycles. The quantitative estimate of drug-likeness (QED) is 0.897. The van der Waals surface area contributed by atoms with E-state index < -0.39 is 0 Å². The molecule has 2 aliphatic rings. The van der Waals surface area contributed by atoms with Gasteiger partial charge in [0.1, 0.15) is 0 Å². The van der Waals surface area contributed by atoms with Gasteiger partial charge in [-0.05, 0) is 30.4 Å². The van der Waals surface area contributed by atoms with Gasteiger partial charge < -0.3 is 15.3 Å². The van der Waals surface area contributed by atoms with E-state index >= 15 is 0 Å². The van der Waals surface area contributed by atoms with Crippen LogP contribution in [0.4, 0.5) is 5.69 Å². The van der Waals surface area contributed by atoms with Gasteiger partial charge in [-0.1, -0.05) is 31.0 Å². The molecule has 114 valence electrons. The summed E-state index contributed by atoms with van der Waals surface area (Å²) in [5, 5.41) is 13.6. The van der Waals surface area contributed by atoms with Crippen molar-refractivity contribution in [2.75, 3.05) is 18.5 Å². The molecule has 21 heavy (non-hydrogen) atoms. The molecule has 0 radical (unpaired) electrons. The highest BCUT2D eigenvalue weighted by atomic mass is 16.3. The van der Waals surface area contributed by atoms with Crippen LogP contribution < -0.4 is 10.2 Å². The van der Waals surface area contributed by atoms with Gasteiger partial charge in [0.2, 0.25) is 5.91 Å². The Balaban J connectivity index is 1.71. The number of amides is 1. The first-order valence-corrected chi connectivity index (χ1v) is 7.93. The van der Waals surface area contributed by atoms with E-state index in [0.29, 0.717) is 12.3 Å². The second-order valence-corrected chi connectivity index (χ2v) is 6.29. The Bertz CT molecular complexity index is 517. The number of benzene rings is 1. The number of aliphatic hydroxyl groups is 1. The molecular formula is C17H24N2O2. The molecule has 0 saturated heterocycles. The monoisotopic (exact) mass is 288 g/mol. The lowest BCUT2D eigenvalue weighted by molar-refractivity contribution is -0.119.